The molecule has 0 amide bonds. The number of nitriles is 1. The predicted molar refractivity (Wildman–Crippen MR) is 114 cm³/mol. The van der Waals surface area contributed by atoms with E-state index in [4.69, 9.17) is 9.47 Å². The molecule has 0 aliphatic heterocycles. The fourth-order valence-corrected chi connectivity index (χ4v) is 2.93. The highest BCUT2D eigenvalue weighted by Crippen LogP contribution is 2.23. The summed E-state index contributed by atoms with van der Waals surface area (Å²) in [6, 6.07) is 24.8. The highest BCUT2D eigenvalue weighted by molar-refractivity contribution is 5.90. The second kappa shape index (κ2) is 8.84. The van der Waals surface area contributed by atoms with Crippen LogP contribution in [0.25, 0.3) is 16.6 Å². The van der Waals surface area contributed by atoms with Gasteiger partial charge in [-0.05, 0) is 42.5 Å². The van der Waals surface area contributed by atoms with Crippen molar-refractivity contribution in [2.75, 3.05) is 6.61 Å². The lowest BCUT2D eigenvalue weighted by Crippen LogP contribution is -2.09. The number of para-hydroxylation sites is 3. The van der Waals surface area contributed by atoms with Gasteiger partial charge in [0.15, 0.2) is 11.6 Å². The summed E-state index contributed by atoms with van der Waals surface area (Å²) in [7, 11) is 0. The highest BCUT2D eigenvalue weighted by atomic mass is 16.5. The summed E-state index contributed by atoms with van der Waals surface area (Å²) in [5.74, 6) is 0.257. The Labute approximate surface area is 177 Å². The maximum atomic E-state index is 12.4. The summed E-state index contributed by atoms with van der Waals surface area (Å²) in [6.45, 7) is -0.470. The molecule has 152 valence electrons. The van der Waals surface area contributed by atoms with E-state index < -0.39 is 18.3 Å². The number of allylic oxidation sites excluding steroid dienone is 1. The molecule has 0 saturated carbocycles. The number of aromatic amines is 1. The van der Waals surface area contributed by atoms with Crippen LogP contribution in [0.15, 0.2) is 84.6 Å². The van der Waals surface area contributed by atoms with Crippen LogP contribution in [0.1, 0.15) is 16.2 Å². The number of imidazole rings is 1. The van der Waals surface area contributed by atoms with Crippen molar-refractivity contribution in [2.24, 2.45) is 0 Å². The Morgan fingerprint density at radius 3 is 2.52 bits per heavy atom. The Morgan fingerprint density at radius 1 is 1.00 bits per heavy atom. The number of nitrogens with one attached hydrogen (secondary N) is 1. The number of esters is 1. The molecule has 31 heavy (non-hydrogen) atoms. The number of carbonyl (C=O) groups is 1. The van der Waals surface area contributed by atoms with Crippen molar-refractivity contribution in [3.63, 3.8) is 0 Å². The molecule has 0 radical (unpaired) electrons. The third-order valence-corrected chi connectivity index (χ3v) is 4.42. The fourth-order valence-electron chi connectivity index (χ4n) is 2.93. The van der Waals surface area contributed by atoms with Crippen LogP contribution >= 0.6 is 0 Å². The first-order valence-electron chi connectivity index (χ1n) is 9.41. The largest absolute Gasteiger partial charge is 0.507 e. The first-order valence-corrected chi connectivity index (χ1v) is 9.41. The number of aliphatic hydroxyl groups is 1. The molecule has 0 fully saturated rings. The normalized spacial score (nSPS) is 11.5. The van der Waals surface area contributed by atoms with Gasteiger partial charge in [0.2, 0.25) is 0 Å². The zero-order valence-electron chi connectivity index (χ0n) is 16.3. The average Bonchev–Trinajstić information content (AvgIpc) is 3.22. The number of ether oxygens (including phenoxy) is 2. The zero-order chi connectivity index (χ0) is 21.6. The monoisotopic (exact) mass is 411 g/mol. The minimum Gasteiger partial charge on any atom is -0.507 e. The van der Waals surface area contributed by atoms with Crippen LogP contribution in [0, 0.1) is 11.3 Å². The van der Waals surface area contributed by atoms with Gasteiger partial charge in [-0.1, -0.05) is 36.4 Å². The third-order valence-electron chi connectivity index (χ3n) is 4.42. The molecule has 1 heterocycles. The van der Waals surface area contributed by atoms with Crippen molar-refractivity contribution >= 4 is 22.6 Å². The van der Waals surface area contributed by atoms with E-state index in [-0.39, 0.29) is 17.0 Å². The number of aliphatic hydroxyl groups excluding tert-OH is 1. The molecule has 0 atom stereocenters. The number of carbonyl (C=O) groups excluding carboxylic acids is 1. The van der Waals surface area contributed by atoms with E-state index in [1.807, 2.05) is 42.5 Å². The number of fused-ring (bicyclic) bond motifs is 1. The standard InChI is InChI=1S/C24H17N3O4/c25-14-19(23-26-20-11-4-5-12-21(20)27-23)22(28)15-30-24(29)16-7-6-10-18(13-16)31-17-8-2-1-3-9-17/h1-13,28H,15H2,(H,26,27)/b22-19-. The van der Waals surface area contributed by atoms with Gasteiger partial charge in [-0.3, -0.25) is 0 Å². The second-order valence-electron chi connectivity index (χ2n) is 6.56. The first-order chi connectivity index (χ1) is 15.1. The van der Waals surface area contributed by atoms with E-state index in [9.17, 15) is 15.2 Å². The van der Waals surface area contributed by atoms with Crippen molar-refractivity contribution < 1.29 is 19.4 Å². The van der Waals surface area contributed by atoms with E-state index in [0.717, 1.165) is 5.52 Å². The van der Waals surface area contributed by atoms with Gasteiger partial charge in [-0.2, -0.15) is 5.26 Å². The summed E-state index contributed by atoms with van der Waals surface area (Å²) in [5.41, 5.74) is 1.55. The molecule has 0 bridgehead atoms. The van der Waals surface area contributed by atoms with Crippen molar-refractivity contribution in [3.8, 4) is 17.6 Å². The van der Waals surface area contributed by atoms with E-state index in [0.29, 0.717) is 17.0 Å². The molecule has 7 heteroatoms. The van der Waals surface area contributed by atoms with E-state index in [1.54, 1.807) is 42.5 Å². The summed E-state index contributed by atoms with van der Waals surface area (Å²) < 4.78 is 10.9. The Hall–Kier alpha value is -4.57. The van der Waals surface area contributed by atoms with Crippen molar-refractivity contribution in [1.82, 2.24) is 9.97 Å². The van der Waals surface area contributed by atoms with Gasteiger partial charge in [-0.15, -0.1) is 0 Å². The molecular weight excluding hydrogens is 394 g/mol. The van der Waals surface area contributed by atoms with Crippen LogP contribution in [0.5, 0.6) is 11.5 Å². The molecule has 3 aromatic carbocycles. The molecule has 0 unspecified atom stereocenters. The Kier molecular flexibility index (Phi) is 5.63. The van der Waals surface area contributed by atoms with Gasteiger partial charge in [-0.25, -0.2) is 9.78 Å². The number of hydrogen-bond donors (Lipinski definition) is 2. The number of aromatic nitrogens is 2. The quantitative estimate of drug-likeness (QED) is 0.262. The lowest BCUT2D eigenvalue weighted by Gasteiger charge is -2.08. The lowest BCUT2D eigenvalue weighted by molar-refractivity contribution is 0.0502. The van der Waals surface area contributed by atoms with Crippen LogP contribution in [0.3, 0.4) is 0 Å². The predicted octanol–water partition coefficient (Wildman–Crippen LogP) is 5.00. The minimum atomic E-state index is -0.660. The Balaban J connectivity index is 1.47. The maximum Gasteiger partial charge on any atom is 0.338 e. The topological polar surface area (TPSA) is 108 Å². The number of benzene rings is 3. The lowest BCUT2D eigenvalue weighted by atomic mass is 10.2. The molecule has 0 aliphatic rings. The third kappa shape index (κ3) is 4.54. The Bertz CT molecular complexity index is 1270. The zero-order valence-corrected chi connectivity index (χ0v) is 16.3. The van der Waals surface area contributed by atoms with Crippen LogP contribution < -0.4 is 4.74 Å². The number of hydrogen-bond acceptors (Lipinski definition) is 6. The van der Waals surface area contributed by atoms with Gasteiger partial charge < -0.3 is 19.6 Å². The maximum absolute atomic E-state index is 12.4. The van der Waals surface area contributed by atoms with Crippen LogP contribution in [-0.2, 0) is 4.74 Å². The van der Waals surface area contributed by atoms with Crippen molar-refractivity contribution in [2.45, 2.75) is 0 Å². The summed E-state index contributed by atoms with van der Waals surface area (Å²) in [5, 5.41) is 19.8. The van der Waals surface area contributed by atoms with Crippen molar-refractivity contribution in [1.29, 1.82) is 5.26 Å². The van der Waals surface area contributed by atoms with E-state index in [1.165, 1.54) is 0 Å². The van der Waals surface area contributed by atoms with Gasteiger partial charge in [0.1, 0.15) is 29.7 Å². The van der Waals surface area contributed by atoms with Crippen molar-refractivity contribution in [3.05, 3.63) is 96.0 Å². The molecule has 4 aromatic rings. The number of nitrogens with zero attached hydrogens (tertiary/aromatic N) is 2. The minimum absolute atomic E-state index is 0.0924. The number of rotatable bonds is 6. The molecular formula is C24H17N3O4. The molecule has 1 aromatic heterocycles. The van der Waals surface area contributed by atoms with E-state index in [2.05, 4.69) is 9.97 Å². The molecule has 7 nitrogen and oxygen atoms in total. The molecule has 0 aliphatic carbocycles. The Morgan fingerprint density at radius 2 is 1.74 bits per heavy atom. The van der Waals surface area contributed by atoms with Gasteiger partial charge >= 0.3 is 5.97 Å². The smallest absolute Gasteiger partial charge is 0.338 e. The fraction of sp³-hybridized carbons (Fsp3) is 0.0417. The molecule has 4 rings (SSSR count). The molecule has 2 N–H and O–H groups in total. The van der Waals surface area contributed by atoms with Crippen LogP contribution in [0.4, 0.5) is 0 Å². The average molecular weight is 411 g/mol. The second-order valence-corrected chi connectivity index (χ2v) is 6.56. The molecule has 0 saturated heterocycles. The van der Waals surface area contributed by atoms with Gasteiger partial charge in [0.25, 0.3) is 0 Å². The van der Waals surface area contributed by atoms with Crippen LogP contribution in [-0.4, -0.2) is 27.7 Å². The van der Waals surface area contributed by atoms with Gasteiger partial charge in [0.05, 0.1) is 16.6 Å². The van der Waals surface area contributed by atoms with E-state index >= 15 is 0 Å². The molecule has 0 spiro atoms. The summed E-state index contributed by atoms with van der Waals surface area (Å²) in [6.07, 6.45) is 0. The number of H-pyrrole nitrogens is 1. The summed E-state index contributed by atoms with van der Waals surface area (Å²) in [4.78, 5) is 19.7. The SMILES string of the molecule is N#C/C(=C(/O)COC(=O)c1cccc(Oc2ccccc2)c1)c1nc2ccccc2[nH]1. The van der Waals surface area contributed by atoms with Crippen LogP contribution in [0.2, 0.25) is 0 Å². The first kappa shape index (κ1) is 19.7. The van der Waals surface area contributed by atoms with Gasteiger partial charge in [0, 0.05) is 0 Å². The highest BCUT2D eigenvalue weighted by Gasteiger charge is 2.16. The summed E-state index contributed by atoms with van der Waals surface area (Å²) >= 11 is 0.